The van der Waals surface area contributed by atoms with Crippen molar-refractivity contribution >= 4 is 15.9 Å². The molecule has 104 valence electrons. The van der Waals surface area contributed by atoms with Crippen molar-refractivity contribution < 1.29 is 4.74 Å². The van der Waals surface area contributed by atoms with Gasteiger partial charge in [-0.25, -0.2) is 0 Å². The zero-order chi connectivity index (χ0) is 15.4. The van der Waals surface area contributed by atoms with Crippen molar-refractivity contribution in [1.82, 2.24) is 0 Å². The second-order valence-corrected chi connectivity index (χ2v) is 5.63. The minimum atomic E-state index is 0.591. The van der Waals surface area contributed by atoms with Crippen molar-refractivity contribution in [3.05, 3.63) is 62.6 Å². The van der Waals surface area contributed by atoms with Crippen molar-refractivity contribution in [3.8, 4) is 23.7 Å². The van der Waals surface area contributed by atoms with Gasteiger partial charge in [0.05, 0.1) is 18.2 Å². The van der Waals surface area contributed by atoms with Crippen LogP contribution in [0.3, 0.4) is 0 Å². The lowest BCUT2D eigenvalue weighted by atomic mass is 10.0. The quantitative estimate of drug-likeness (QED) is 0.723. The van der Waals surface area contributed by atoms with E-state index in [0.717, 1.165) is 32.5 Å². The molecule has 2 nitrogen and oxygen atoms in total. The minimum absolute atomic E-state index is 0.591. The fraction of sp³-hybridized carbons (Fsp3) is 0.167. The molecular weight excluding hydrogens is 326 g/mol. The van der Waals surface area contributed by atoms with Crippen LogP contribution in [0, 0.1) is 37.0 Å². The Labute approximate surface area is 133 Å². The maximum atomic E-state index is 9.18. The third-order valence-electron chi connectivity index (χ3n) is 3.07. The zero-order valence-corrected chi connectivity index (χ0v) is 13.7. The lowest BCUT2D eigenvalue weighted by Crippen LogP contribution is -1.92. The summed E-state index contributed by atoms with van der Waals surface area (Å²) in [6, 6.07) is 11.7. The molecule has 0 N–H and O–H groups in total. The molecule has 2 aromatic carbocycles. The van der Waals surface area contributed by atoms with Gasteiger partial charge in [-0.3, -0.25) is 0 Å². The van der Waals surface area contributed by atoms with Crippen molar-refractivity contribution in [3.63, 3.8) is 0 Å². The topological polar surface area (TPSA) is 33.0 Å². The van der Waals surface area contributed by atoms with Crippen LogP contribution in [-0.2, 0) is 0 Å². The molecule has 0 unspecified atom stereocenters. The Morgan fingerprint density at radius 2 is 1.71 bits per heavy atom. The van der Waals surface area contributed by atoms with E-state index in [9.17, 15) is 5.26 Å². The molecule has 0 atom stereocenters. The van der Waals surface area contributed by atoms with Crippen molar-refractivity contribution in [1.29, 1.82) is 5.26 Å². The average molecular weight is 340 g/mol. The van der Waals surface area contributed by atoms with Crippen LogP contribution in [-0.4, -0.2) is 7.11 Å². The highest BCUT2D eigenvalue weighted by Crippen LogP contribution is 2.27. The van der Waals surface area contributed by atoms with Crippen LogP contribution in [0.5, 0.6) is 5.75 Å². The first-order valence-corrected chi connectivity index (χ1v) is 7.21. The molecule has 2 aromatic rings. The van der Waals surface area contributed by atoms with Gasteiger partial charge in [0.25, 0.3) is 0 Å². The Bertz CT molecular complexity index is 791. The summed E-state index contributed by atoms with van der Waals surface area (Å²) in [5.74, 6) is 6.92. The largest absolute Gasteiger partial charge is 0.495 e. The normalized spacial score (nSPS) is 9.48. The minimum Gasteiger partial charge on any atom is -0.495 e. The van der Waals surface area contributed by atoms with Gasteiger partial charge in [-0.15, -0.1) is 0 Å². The predicted octanol–water partition coefficient (Wildman–Crippen LogP) is 4.35. The number of hydrogen-bond acceptors (Lipinski definition) is 2. The SMILES string of the molecule is COc1c(C)cc(Br)cc1C#Cc1ccc(C)cc1C#N. The molecular formula is C18H14BrNO. The highest BCUT2D eigenvalue weighted by molar-refractivity contribution is 9.10. The first-order valence-electron chi connectivity index (χ1n) is 6.42. The molecule has 0 fully saturated rings. The number of aryl methyl sites for hydroxylation is 2. The maximum Gasteiger partial charge on any atom is 0.137 e. The molecule has 0 spiro atoms. The van der Waals surface area contributed by atoms with E-state index < -0.39 is 0 Å². The van der Waals surface area contributed by atoms with Crippen LogP contribution in [0.4, 0.5) is 0 Å². The molecule has 0 aliphatic rings. The van der Waals surface area contributed by atoms with Gasteiger partial charge in [-0.2, -0.15) is 5.26 Å². The lowest BCUT2D eigenvalue weighted by Gasteiger charge is -2.07. The van der Waals surface area contributed by atoms with Crippen LogP contribution in [0.15, 0.2) is 34.8 Å². The second-order valence-electron chi connectivity index (χ2n) is 4.71. The maximum absolute atomic E-state index is 9.18. The number of nitriles is 1. The van der Waals surface area contributed by atoms with E-state index in [1.54, 1.807) is 7.11 Å². The van der Waals surface area contributed by atoms with E-state index in [1.807, 2.05) is 44.2 Å². The van der Waals surface area contributed by atoms with Gasteiger partial charge in [-0.1, -0.05) is 33.8 Å². The number of nitrogens with zero attached hydrogens (tertiary/aromatic N) is 1. The average Bonchev–Trinajstić information content (AvgIpc) is 2.45. The smallest absolute Gasteiger partial charge is 0.137 e. The summed E-state index contributed by atoms with van der Waals surface area (Å²) in [5.41, 5.74) is 4.18. The Morgan fingerprint density at radius 1 is 1.00 bits per heavy atom. The molecule has 0 heterocycles. The van der Waals surface area contributed by atoms with Gasteiger partial charge in [0.1, 0.15) is 11.8 Å². The van der Waals surface area contributed by atoms with Crippen molar-refractivity contribution in [2.45, 2.75) is 13.8 Å². The molecule has 0 saturated heterocycles. The van der Waals surface area contributed by atoms with Gasteiger partial charge in [0.2, 0.25) is 0 Å². The summed E-state index contributed by atoms with van der Waals surface area (Å²) < 4.78 is 6.36. The molecule has 0 aliphatic heterocycles. The van der Waals surface area contributed by atoms with E-state index in [1.165, 1.54) is 0 Å². The number of rotatable bonds is 1. The van der Waals surface area contributed by atoms with Crippen molar-refractivity contribution in [2.24, 2.45) is 0 Å². The molecule has 2 rings (SSSR count). The Balaban J connectivity index is 2.52. The van der Waals surface area contributed by atoms with Crippen LogP contribution in [0.25, 0.3) is 0 Å². The number of methoxy groups -OCH3 is 1. The third kappa shape index (κ3) is 3.45. The summed E-state index contributed by atoms with van der Waals surface area (Å²) in [4.78, 5) is 0. The van der Waals surface area contributed by atoms with E-state index in [-0.39, 0.29) is 0 Å². The highest BCUT2D eigenvalue weighted by Gasteiger charge is 2.06. The van der Waals surface area contributed by atoms with Crippen LogP contribution in [0.1, 0.15) is 27.8 Å². The summed E-state index contributed by atoms with van der Waals surface area (Å²) in [6.45, 7) is 3.93. The standard InChI is InChI=1S/C18H14BrNO/c1-12-4-5-14(16(8-12)11-20)6-7-15-10-17(19)9-13(2)18(15)21-3/h4-5,8-10H,1-3H3. The Kier molecular flexibility index (Phi) is 4.68. The van der Waals surface area contributed by atoms with Gasteiger partial charge in [0.15, 0.2) is 0 Å². The number of halogens is 1. The van der Waals surface area contributed by atoms with Crippen molar-refractivity contribution in [2.75, 3.05) is 7.11 Å². The zero-order valence-electron chi connectivity index (χ0n) is 12.1. The van der Waals surface area contributed by atoms with Gasteiger partial charge in [-0.05, 0) is 49.2 Å². The van der Waals surface area contributed by atoms with E-state index >= 15 is 0 Å². The Morgan fingerprint density at radius 3 is 2.38 bits per heavy atom. The third-order valence-corrected chi connectivity index (χ3v) is 3.53. The van der Waals surface area contributed by atoms with E-state index in [4.69, 9.17) is 4.74 Å². The van der Waals surface area contributed by atoms with Gasteiger partial charge >= 0.3 is 0 Å². The van der Waals surface area contributed by atoms with E-state index in [0.29, 0.717) is 5.56 Å². The summed E-state index contributed by atoms with van der Waals surface area (Å²) in [5, 5.41) is 9.18. The van der Waals surface area contributed by atoms with Crippen LogP contribution < -0.4 is 4.74 Å². The number of hydrogen-bond donors (Lipinski definition) is 0. The monoisotopic (exact) mass is 339 g/mol. The molecule has 0 radical (unpaired) electrons. The molecule has 0 bridgehead atoms. The number of ether oxygens (including phenoxy) is 1. The Hall–Kier alpha value is -2.23. The summed E-state index contributed by atoms with van der Waals surface area (Å²) in [7, 11) is 1.63. The highest BCUT2D eigenvalue weighted by atomic mass is 79.9. The molecule has 0 amide bonds. The second kappa shape index (κ2) is 6.48. The van der Waals surface area contributed by atoms with Gasteiger partial charge in [0, 0.05) is 10.0 Å². The van der Waals surface area contributed by atoms with Crippen LogP contribution >= 0.6 is 15.9 Å². The molecule has 0 aliphatic carbocycles. The van der Waals surface area contributed by atoms with E-state index in [2.05, 4.69) is 33.8 Å². The molecule has 3 heteroatoms. The fourth-order valence-electron chi connectivity index (χ4n) is 2.09. The first-order chi connectivity index (χ1) is 10.0. The summed E-state index contributed by atoms with van der Waals surface area (Å²) >= 11 is 3.46. The van der Waals surface area contributed by atoms with Crippen LogP contribution in [0.2, 0.25) is 0 Å². The van der Waals surface area contributed by atoms with Gasteiger partial charge < -0.3 is 4.74 Å². The molecule has 0 aromatic heterocycles. The number of benzene rings is 2. The molecule has 0 saturated carbocycles. The first kappa shape index (κ1) is 15.2. The molecule has 21 heavy (non-hydrogen) atoms. The lowest BCUT2D eigenvalue weighted by molar-refractivity contribution is 0.410. The fourth-order valence-corrected chi connectivity index (χ4v) is 2.66. The predicted molar refractivity (Wildman–Crippen MR) is 87.3 cm³/mol. The summed E-state index contributed by atoms with van der Waals surface area (Å²) in [6.07, 6.45) is 0.